The van der Waals surface area contributed by atoms with E-state index in [-0.39, 0.29) is 0 Å². The van der Waals surface area contributed by atoms with E-state index in [9.17, 15) is 9.90 Å². The summed E-state index contributed by atoms with van der Waals surface area (Å²) in [5.74, 6) is -1.41. The molecule has 0 amide bonds. The number of carboxylic acid groups (broad SMARTS) is 1. The average Bonchev–Trinajstić information content (AvgIpc) is 2.02. The lowest BCUT2D eigenvalue weighted by atomic mass is 9.72. The van der Waals surface area contributed by atoms with Gasteiger partial charge >= 0.3 is 5.97 Å². The maximum atomic E-state index is 10.9. The molecule has 80 valence electrons. The third kappa shape index (κ3) is 2.15. The number of hydrogen-bond acceptors (Lipinski definition) is 2. The van der Waals surface area contributed by atoms with E-state index < -0.39 is 17.5 Å². The maximum Gasteiger partial charge on any atom is 0.313 e. The molecule has 1 aliphatic rings. The fraction of sp³-hybridized carbons (Fsp3) is 0.727. The first kappa shape index (κ1) is 11.2. The van der Waals surface area contributed by atoms with Crippen molar-refractivity contribution in [3.05, 3.63) is 12.7 Å². The Balaban J connectivity index is 2.80. The average molecular weight is 198 g/mol. The molecule has 1 saturated carbocycles. The molecule has 0 aromatic heterocycles. The molecule has 1 rings (SSSR count). The summed E-state index contributed by atoms with van der Waals surface area (Å²) in [6, 6.07) is 0. The van der Waals surface area contributed by atoms with Crippen molar-refractivity contribution < 1.29 is 15.0 Å². The number of hydrogen-bond donors (Lipinski definition) is 2. The Morgan fingerprint density at radius 1 is 1.71 bits per heavy atom. The second kappa shape index (κ2) is 4.13. The Labute approximate surface area is 84.4 Å². The molecule has 3 nitrogen and oxygen atoms in total. The summed E-state index contributed by atoms with van der Waals surface area (Å²) < 4.78 is 0. The van der Waals surface area contributed by atoms with Crippen molar-refractivity contribution in [2.24, 2.45) is 11.8 Å². The lowest BCUT2D eigenvalue weighted by Crippen LogP contribution is -2.44. The SMILES string of the molecule is C=CC(C(=O)O)C1(O)CCCC(C)C1. The van der Waals surface area contributed by atoms with Crippen LogP contribution >= 0.6 is 0 Å². The molecule has 14 heavy (non-hydrogen) atoms. The highest BCUT2D eigenvalue weighted by molar-refractivity contribution is 5.73. The van der Waals surface area contributed by atoms with Crippen LogP contribution in [0.4, 0.5) is 0 Å². The Bertz CT molecular complexity index is 237. The molecule has 3 heteroatoms. The van der Waals surface area contributed by atoms with Crippen LogP contribution in [0.15, 0.2) is 12.7 Å². The zero-order valence-electron chi connectivity index (χ0n) is 8.57. The molecule has 0 bridgehead atoms. The molecule has 0 heterocycles. The van der Waals surface area contributed by atoms with Crippen LogP contribution in [0.1, 0.15) is 32.6 Å². The standard InChI is InChI=1S/C11H18O3/c1-3-9(10(12)13)11(14)6-4-5-8(2)7-11/h3,8-9,14H,1,4-7H2,2H3,(H,12,13). The molecule has 2 N–H and O–H groups in total. The lowest BCUT2D eigenvalue weighted by Gasteiger charge is -2.38. The number of aliphatic hydroxyl groups is 1. The van der Waals surface area contributed by atoms with Gasteiger partial charge in [0.15, 0.2) is 0 Å². The van der Waals surface area contributed by atoms with Crippen molar-refractivity contribution in [3.63, 3.8) is 0 Å². The van der Waals surface area contributed by atoms with E-state index in [0.717, 1.165) is 12.8 Å². The van der Waals surface area contributed by atoms with Crippen LogP contribution in [0.3, 0.4) is 0 Å². The molecule has 1 fully saturated rings. The Hall–Kier alpha value is -0.830. The number of carbonyl (C=O) groups is 1. The van der Waals surface area contributed by atoms with Crippen molar-refractivity contribution in [2.75, 3.05) is 0 Å². The van der Waals surface area contributed by atoms with E-state index in [1.807, 2.05) is 6.92 Å². The first-order valence-electron chi connectivity index (χ1n) is 5.07. The monoisotopic (exact) mass is 198 g/mol. The van der Waals surface area contributed by atoms with E-state index in [0.29, 0.717) is 18.8 Å². The zero-order valence-corrected chi connectivity index (χ0v) is 8.57. The third-order valence-electron chi connectivity index (χ3n) is 3.09. The van der Waals surface area contributed by atoms with E-state index in [1.54, 1.807) is 0 Å². The number of rotatable bonds is 3. The quantitative estimate of drug-likeness (QED) is 0.680. The Kier molecular flexibility index (Phi) is 3.32. The minimum absolute atomic E-state index is 0.399. The van der Waals surface area contributed by atoms with Crippen molar-refractivity contribution in [1.29, 1.82) is 0 Å². The summed E-state index contributed by atoms with van der Waals surface area (Å²) in [5, 5.41) is 19.2. The molecule has 1 aliphatic carbocycles. The molecule has 0 saturated heterocycles. The molecule has 3 atom stereocenters. The Morgan fingerprint density at radius 3 is 2.79 bits per heavy atom. The van der Waals surface area contributed by atoms with E-state index in [4.69, 9.17) is 5.11 Å². The van der Waals surface area contributed by atoms with Crippen LogP contribution in [0, 0.1) is 11.8 Å². The van der Waals surface area contributed by atoms with Crippen LogP contribution in [-0.4, -0.2) is 21.8 Å². The van der Waals surface area contributed by atoms with Crippen LogP contribution in [-0.2, 0) is 4.79 Å². The fourth-order valence-corrected chi connectivity index (χ4v) is 2.40. The molecular weight excluding hydrogens is 180 g/mol. The van der Waals surface area contributed by atoms with Gasteiger partial charge in [-0.3, -0.25) is 4.79 Å². The van der Waals surface area contributed by atoms with Gasteiger partial charge in [-0.05, 0) is 18.8 Å². The molecule has 0 radical (unpaired) electrons. The van der Waals surface area contributed by atoms with Crippen LogP contribution in [0.5, 0.6) is 0 Å². The van der Waals surface area contributed by atoms with Crippen LogP contribution < -0.4 is 0 Å². The summed E-state index contributed by atoms with van der Waals surface area (Å²) in [6.07, 6.45) is 4.46. The van der Waals surface area contributed by atoms with Gasteiger partial charge in [-0.15, -0.1) is 6.58 Å². The molecule has 0 aromatic rings. The Morgan fingerprint density at radius 2 is 2.36 bits per heavy atom. The summed E-state index contributed by atoms with van der Waals surface area (Å²) in [5.41, 5.74) is -1.08. The minimum Gasteiger partial charge on any atom is -0.481 e. The highest BCUT2D eigenvalue weighted by atomic mass is 16.4. The topological polar surface area (TPSA) is 57.5 Å². The first-order valence-corrected chi connectivity index (χ1v) is 5.07. The van der Waals surface area contributed by atoms with Crippen molar-refractivity contribution in [3.8, 4) is 0 Å². The summed E-state index contributed by atoms with van der Waals surface area (Å²) in [4.78, 5) is 10.9. The summed E-state index contributed by atoms with van der Waals surface area (Å²) in [6.45, 7) is 5.53. The highest BCUT2D eigenvalue weighted by Gasteiger charge is 2.42. The van der Waals surface area contributed by atoms with E-state index >= 15 is 0 Å². The molecular formula is C11H18O3. The van der Waals surface area contributed by atoms with Gasteiger partial charge in [0.1, 0.15) is 5.92 Å². The lowest BCUT2D eigenvalue weighted by molar-refractivity contribution is -0.151. The largest absolute Gasteiger partial charge is 0.481 e. The van der Waals surface area contributed by atoms with Gasteiger partial charge < -0.3 is 10.2 Å². The van der Waals surface area contributed by atoms with Gasteiger partial charge in [0.25, 0.3) is 0 Å². The molecule has 0 aromatic carbocycles. The van der Waals surface area contributed by atoms with Gasteiger partial charge in [-0.25, -0.2) is 0 Å². The third-order valence-corrected chi connectivity index (χ3v) is 3.09. The van der Waals surface area contributed by atoms with Gasteiger partial charge in [0.2, 0.25) is 0 Å². The second-order valence-corrected chi connectivity index (χ2v) is 4.36. The van der Waals surface area contributed by atoms with Gasteiger partial charge in [-0.1, -0.05) is 25.8 Å². The van der Waals surface area contributed by atoms with Gasteiger partial charge in [-0.2, -0.15) is 0 Å². The van der Waals surface area contributed by atoms with Crippen LogP contribution in [0.25, 0.3) is 0 Å². The maximum absolute atomic E-state index is 10.9. The van der Waals surface area contributed by atoms with E-state index in [2.05, 4.69) is 6.58 Å². The van der Waals surface area contributed by atoms with Gasteiger partial charge in [0, 0.05) is 0 Å². The molecule has 0 spiro atoms. The summed E-state index contributed by atoms with van der Waals surface area (Å²) in [7, 11) is 0. The van der Waals surface area contributed by atoms with Gasteiger partial charge in [0.05, 0.1) is 5.60 Å². The number of carboxylic acids is 1. The smallest absolute Gasteiger partial charge is 0.313 e. The van der Waals surface area contributed by atoms with Crippen molar-refractivity contribution in [1.82, 2.24) is 0 Å². The zero-order chi connectivity index (χ0) is 10.8. The predicted octanol–water partition coefficient (Wildman–Crippen LogP) is 1.81. The molecule has 0 aliphatic heterocycles. The normalized spacial score (nSPS) is 34.9. The highest BCUT2D eigenvalue weighted by Crippen LogP contribution is 2.37. The summed E-state index contributed by atoms with van der Waals surface area (Å²) >= 11 is 0. The second-order valence-electron chi connectivity index (χ2n) is 4.36. The van der Waals surface area contributed by atoms with Crippen molar-refractivity contribution >= 4 is 5.97 Å². The predicted molar refractivity (Wildman–Crippen MR) is 53.9 cm³/mol. The fourth-order valence-electron chi connectivity index (χ4n) is 2.40. The van der Waals surface area contributed by atoms with Crippen molar-refractivity contribution in [2.45, 2.75) is 38.2 Å². The van der Waals surface area contributed by atoms with Crippen LogP contribution in [0.2, 0.25) is 0 Å². The molecule has 3 unspecified atom stereocenters. The first-order chi connectivity index (χ1) is 6.49. The number of aliphatic carboxylic acids is 1. The van der Waals surface area contributed by atoms with E-state index in [1.165, 1.54) is 6.08 Å². The minimum atomic E-state index is -1.08.